The van der Waals surface area contributed by atoms with Crippen molar-refractivity contribution in [1.29, 1.82) is 0 Å². The molecule has 6 heteroatoms. The van der Waals surface area contributed by atoms with Gasteiger partial charge < -0.3 is 0 Å². The fourth-order valence-corrected chi connectivity index (χ4v) is 3.49. The van der Waals surface area contributed by atoms with Gasteiger partial charge in [0.1, 0.15) is 5.78 Å². The van der Waals surface area contributed by atoms with Crippen LogP contribution in [0.15, 0.2) is 24.4 Å². The standard InChI is InChI=1S/C13H18N2O3S/c16-13-6-4-12(5-7-13)15-19(17,18)10-8-11-3-1-2-9-14-11/h1-3,9,12,15H,4-8,10H2. The number of aromatic nitrogens is 1. The first-order valence-corrected chi connectivity index (χ1v) is 8.12. The van der Waals surface area contributed by atoms with Crippen molar-refractivity contribution in [3.8, 4) is 0 Å². The summed E-state index contributed by atoms with van der Waals surface area (Å²) in [4.78, 5) is 15.2. The van der Waals surface area contributed by atoms with Crippen molar-refractivity contribution in [3.63, 3.8) is 0 Å². The van der Waals surface area contributed by atoms with E-state index in [2.05, 4.69) is 9.71 Å². The quantitative estimate of drug-likeness (QED) is 0.876. The molecular formula is C13H18N2O3S. The van der Waals surface area contributed by atoms with E-state index in [4.69, 9.17) is 0 Å². The van der Waals surface area contributed by atoms with Gasteiger partial charge in [-0.2, -0.15) is 0 Å². The summed E-state index contributed by atoms with van der Waals surface area (Å²) < 4.78 is 26.5. The van der Waals surface area contributed by atoms with Gasteiger partial charge in [-0.3, -0.25) is 9.78 Å². The van der Waals surface area contributed by atoms with Crippen LogP contribution in [-0.2, 0) is 21.2 Å². The van der Waals surface area contributed by atoms with E-state index in [1.807, 2.05) is 12.1 Å². The molecule has 0 unspecified atom stereocenters. The van der Waals surface area contributed by atoms with Gasteiger partial charge in [0.2, 0.25) is 10.0 Å². The molecule has 1 aliphatic carbocycles. The number of pyridine rings is 1. The molecule has 104 valence electrons. The molecule has 1 N–H and O–H groups in total. The third-order valence-corrected chi connectivity index (χ3v) is 4.68. The Morgan fingerprint density at radius 1 is 1.26 bits per heavy atom. The van der Waals surface area contributed by atoms with Crippen LogP contribution in [0.4, 0.5) is 0 Å². The third-order valence-electron chi connectivity index (χ3n) is 3.24. The predicted molar refractivity (Wildman–Crippen MR) is 72.1 cm³/mol. The Bertz CT molecular complexity index is 518. The molecule has 0 atom stereocenters. The van der Waals surface area contributed by atoms with Crippen LogP contribution >= 0.6 is 0 Å². The Labute approximate surface area is 113 Å². The molecule has 5 nitrogen and oxygen atoms in total. The van der Waals surface area contributed by atoms with Crippen LogP contribution in [0.1, 0.15) is 31.4 Å². The number of Topliss-reactive ketones (excluding diaryl/α,β-unsaturated/α-hetero) is 1. The summed E-state index contributed by atoms with van der Waals surface area (Å²) in [5.74, 6) is 0.262. The van der Waals surface area contributed by atoms with Gasteiger partial charge in [-0.15, -0.1) is 0 Å². The van der Waals surface area contributed by atoms with E-state index < -0.39 is 10.0 Å². The lowest BCUT2D eigenvalue weighted by molar-refractivity contribution is -0.120. The first-order chi connectivity index (χ1) is 9.05. The van der Waals surface area contributed by atoms with Crippen LogP contribution in [0.3, 0.4) is 0 Å². The summed E-state index contributed by atoms with van der Waals surface area (Å²) in [5.41, 5.74) is 0.770. The van der Waals surface area contributed by atoms with Gasteiger partial charge in [-0.25, -0.2) is 13.1 Å². The zero-order valence-corrected chi connectivity index (χ0v) is 11.5. The van der Waals surface area contributed by atoms with E-state index in [1.54, 1.807) is 12.3 Å². The zero-order valence-electron chi connectivity index (χ0n) is 10.7. The second kappa shape index (κ2) is 6.25. The monoisotopic (exact) mass is 282 g/mol. The Hall–Kier alpha value is -1.27. The second-order valence-electron chi connectivity index (χ2n) is 4.82. The molecule has 0 radical (unpaired) electrons. The van der Waals surface area contributed by atoms with Crippen LogP contribution in [0, 0.1) is 0 Å². The number of carbonyl (C=O) groups excluding carboxylic acids is 1. The molecule has 1 saturated carbocycles. The molecule has 1 aromatic rings. The lowest BCUT2D eigenvalue weighted by Crippen LogP contribution is -2.39. The van der Waals surface area contributed by atoms with Crippen molar-refractivity contribution in [2.75, 3.05) is 5.75 Å². The Morgan fingerprint density at radius 3 is 2.63 bits per heavy atom. The van der Waals surface area contributed by atoms with Gasteiger partial charge >= 0.3 is 0 Å². The van der Waals surface area contributed by atoms with Crippen molar-refractivity contribution in [2.24, 2.45) is 0 Å². The molecule has 0 aromatic carbocycles. The third kappa shape index (κ3) is 4.72. The lowest BCUT2D eigenvalue weighted by atomic mass is 9.95. The van der Waals surface area contributed by atoms with Gasteiger partial charge in [0, 0.05) is 37.2 Å². The predicted octanol–water partition coefficient (Wildman–Crippen LogP) is 1.06. The van der Waals surface area contributed by atoms with E-state index in [0.29, 0.717) is 32.1 Å². The van der Waals surface area contributed by atoms with Crippen LogP contribution in [0.5, 0.6) is 0 Å². The first kappa shape index (κ1) is 14.1. The number of ketones is 1. The SMILES string of the molecule is O=C1CCC(NS(=O)(=O)CCc2ccccn2)CC1. The number of aryl methyl sites for hydroxylation is 1. The Balaban J connectivity index is 1.83. The van der Waals surface area contributed by atoms with Crippen molar-refractivity contribution < 1.29 is 13.2 Å². The molecule has 19 heavy (non-hydrogen) atoms. The molecule has 0 spiro atoms. The van der Waals surface area contributed by atoms with E-state index in [9.17, 15) is 13.2 Å². The van der Waals surface area contributed by atoms with Gasteiger partial charge in [-0.05, 0) is 25.0 Å². The highest BCUT2D eigenvalue weighted by Crippen LogP contribution is 2.15. The molecule has 0 amide bonds. The minimum Gasteiger partial charge on any atom is -0.300 e. The highest BCUT2D eigenvalue weighted by atomic mass is 32.2. The number of nitrogens with one attached hydrogen (secondary N) is 1. The Morgan fingerprint density at radius 2 is 2.00 bits per heavy atom. The van der Waals surface area contributed by atoms with Crippen LogP contribution in [-0.4, -0.2) is 31.0 Å². The number of hydrogen-bond acceptors (Lipinski definition) is 4. The zero-order chi connectivity index (χ0) is 13.7. The number of hydrogen-bond donors (Lipinski definition) is 1. The summed E-state index contributed by atoms with van der Waals surface area (Å²) in [6.45, 7) is 0. The van der Waals surface area contributed by atoms with E-state index in [1.165, 1.54) is 0 Å². The number of rotatable bonds is 5. The van der Waals surface area contributed by atoms with E-state index >= 15 is 0 Å². The molecule has 0 bridgehead atoms. The molecule has 1 aromatic heterocycles. The fraction of sp³-hybridized carbons (Fsp3) is 0.538. The van der Waals surface area contributed by atoms with Crippen LogP contribution in [0.25, 0.3) is 0 Å². The van der Waals surface area contributed by atoms with Crippen molar-refractivity contribution in [2.45, 2.75) is 38.1 Å². The summed E-state index contributed by atoms with van der Waals surface area (Å²) >= 11 is 0. The van der Waals surface area contributed by atoms with Crippen molar-refractivity contribution >= 4 is 15.8 Å². The topological polar surface area (TPSA) is 76.1 Å². The second-order valence-corrected chi connectivity index (χ2v) is 6.69. The maximum absolute atomic E-state index is 11.9. The van der Waals surface area contributed by atoms with Gasteiger partial charge in [0.15, 0.2) is 0 Å². The average Bonchev–Trinajstić information content (AvgIpc) is 2.40. The summed E-state index contributed by atoms with van der Waals surface area (Å²) in [5, 5.41) is 0. The summed E-state index contributed by atoms with van der Waals surface area (Å²) in [6, 6.07) is 5.37. The molecule has 1 aliphatic rings. The summed E-state index contributed by atoms with van der Waals surface area (Å²) in [7, 11) is -3.30. The highest BCUT2D eigenvalue weighted by Gasteiger charge is 2.23. The first-order valence-electron chi connectivity index (χ1n) is 6.47. The fourth-order valence-electron chi connectivity index (χ4n) is 2.16. The van der Waals surface area contributed by atoms with E-state index in [0.717, 1.165) is 5.69 Å². The van der Waals surface area contributed by atoms with Crippen molar-refractivity contribution in [3.05, 3.63) is 30.1 Å². The maximum atomic E-state index is 11.9. The minimum absolute atomic E-state index is 0.0362. The smallest absolute Gasteiger partial charge is 0.212 e. The lowest BCUT2D eigenvalue weighted by Gasteiger charge is -2.21. The molecule has 2 rings (SSSR count). The number of carbonyl (C=O) groups is 1. The maximum Gasteiger partial charge on any atom is 0.212 e. The molecule has 1 heterocycles. The molecule has 1 fully saturated rings. The molecule has 0 aliphatic heterocycles. The largest absolute Gasteiger partial charge is 0.300 e. The average molecular weight is 282 g/mol. The number of sulfonamides is 1. The van der Waals surface area contributed by atoms with Gasteiger partial charge in [-0.1, -0.05) is 6.07 Å². The van der Waals surface area contributed by atoms with Gasteiger partial charge in [0.25, 0.3) is 0 Å². The van der Waals surface area contributed by atoms with Gasteiger partial charge in [0.05, 0.1) is 5.75 Å². The Kier molecular flexibility index (Phi) is 4.66. The molecule has 0 saturated heterocycles. The van der Waals surface area contributed by atoms with E-state index in [-0.39, 0.29) is 17.6 Å². The van der Waals surface area contributed by atoms with Crippen LogP contribution in [0.2, 0.25) is 0 Å². The minimum atomic E-state index is -3.30. The summed E-state index contributed by atoms with van der Waals surface area (Å²) in [6.07, 6.45) is 4.24. The normalized spacial score (nSPS) is 17.6. The molecular weight excluding hydrogens is 264 g/mol. The number of nitrogens with zero attached hydrogens (tertiary/aromatic N) is 1. The van der Waals surface area contributed by atoms with Crippen molar-refractivity contribution in [1.82, 2.24) is 9.71 Å². The highest BCUT2D eigenvalue weighted by molar-refractivity contribution is 7.89. The van der Waals surface area contributed by atoms with Crippen LogP contribution < -0.4 is 4.72 Å².